The molecule has 0 saturated heterocycles. The van der Waals surface area contributed by atoms with E-state index in [4.69, 9.17) is 4.74 Å². The van der Waals surface area contributed by atoms with Gasteiger partial charge in [0, 0.05) is 24.8 Å². The average molecular weight is 435 g/mol. The van der Waals surface area contributed by atoms with Gasteiger partial charge in [-0.1, -0.05) is 30.3 Å². The van der Waals surface area contributed by atoms with Crippen molar-refractivity contribution in [1.82, 2.24) is 20.0 Å². The van der Waals surface area contributed by atoms with E-state index in [1.807, 2.05) is 62.7 Å². The molecule has 0 unspecified atom stereocenters. The fourth-order valence-corrected chi connectivity index (χ4v) is 3.59. The van der Waals surface area contributed by atoms with Crippen molar-refractivity contribution >= 4 is 11.8 Å². The fraction of sp³-hybridized carbons (Fsp3) is 0.320. The molecule has 0 spiro atoms. The van der Waals surface area contributed by atoms with Gasteiger partial charge < -0.3 is 15.0 Å². The number of nitrogens with zero attached hydrogens (tertiary/aromatic N) is 3. The lowest BCUT2D eigenvalue weighted by molar-refractivity contribution is -0.129. The second-order valence-electron chi connectivity index (χ2n) is 7.71. The smallest absolute Gasteiger partial charge is 0.255 e. The van der Waals surface area contributed by atoms with E-state index in [0.29, 0.717) is 24.5 Å². The van der Waals surface area contributed by atoms with Gasteiger partial charge in [0.1, 0.15) is 5.75 Å². The van der Waals surface area contributed by atoms with Crippen molar-refractivity contribution < 1.29 is 14.3 Å². The number of aromatic nitrogens is 2. The molecule has 0 aliphatic heterocycles. The third kappa shape index (κ3) is 4.99. The summed E-state index contributed by atoms with van der Waals surface area (Å²) in [4.78, 5) is 26.9. The van der Waals surface area contributed by atoms with E-state index in [0.717, 1.165) is 28.2 Å². The number of aryl methyl sites for hydroxylation is 2. The molecule has 1 aromatic heterocycles. The lowest BCUT2D eigenvalue weighted by Crippen LogP contribution is -2.38. The average Bonchev–Trinajstić information content (AvgIpc) is 3.06. The van der Waals surface area contributed by atoms with Crippen LogP contribution in [0.25, 0.3) is 5.69 Å². The highest BCUT2D eigenvalue weighted by Crippen LogP contribution is 2.21. The van der Waals surface area contributed by atoms with Crippen LogP contribution in [0.4, 0.5) is 0 Å². The molecule has 1 N–H and O–H groups in total. The van der Waals surface area contributed by atoms with Gasteiger partial charge in [0.15, 0.2) is 0 Å². The summed E-state index contributed by atoms with van der Waals surface area (Å²) in [6.45, 7) is 8.63. The summed E-state index contributed by atoms with van der Waals surface area (Å²) < 4.78 is 7.42. The second kappa shape index (κ2) is 10.1. The molecule has 0 bridgehead atoms. The van der Waals surface area contributed by atoms with Crippen LogP contribution in [0.3, 0.4) is 0 Å². The summed E-state index contributed by atoms with van der Waals surface area (Å²) in [5, 5.41) is 7.39. The molecule has 0 aliphatic carbocycles. The largest absolute Gasteiger partial charge is 0.493 e. The van der Waals surface area contributed by atoms with Gasteiger partial charge in [-0.3, -0.25) is 9.59 Å². The van der Waals surface area contributed by atoms with E-state index < -0.39 is 0 Å². The molecule has 1 heterocycles. The zero-order valence-electron chi connectivity index (χ0n) is 19.3. The minimum atomic E-state index is -0.337. The lowest BCUT2D eigenvalue weighted by atomic mass is 10.1. The highest BCUT2D eigenvalue weighted by molar-refractivity contribution is 5.98. The van der Waals surface area contributed by atoms with Crippen LogP contribution in [0.2, 0.25) is 0 Å². The van der Waals surface area contributed by atoms with Crippen LogP contribution in [0.1, 0.15) is 39.8 Å². The van der Waals surface area contributed by atoms with Crippen molar-refractivity contribution in [3.63, 3.8) is 0 Å². The number of amides is 2. The number of ether oxygens (including phenoxy) is 1. The first-order chi connectivity index (χ1) is 15.3. The molecule has 32 heavy (non-hydrogen) atoms. The standard InChI is InChI=1S/C25H30N4O3/c1-6-32-23-14-10-8-12-20(23)25(31)26-15-24(30)28(5)16-21-18(3)27-29(19(21)4)22-13-9-7-11-17(22)2/h7-14H,6,15-16H2,1-5H3,(H,26,31). The molecule has 7 heteroatoms. The number of hydrogen-bond donors (Lipinski definition) is 1. The predicted octanol–water partition coefficient (Wildman–Crippen LogP) is 3.58. The molecule has 0 fully saturated rings. The summed E-state index contributed by atoms with van der Waals surface area (Å²) in [5.41, 5.74) is 5.43. The maximum absolute atomic E-state index is 12.7. The lowest BCUT2D eigenvalue weighted by Gasteiger charge is -2.18. The first-order valence-corrected chi connectivity index (χ1v) is 10.7. The Kier molecular flexibility index (Phi) is 7.30. The number of benzene rings is 2. The normalized spacial score (nSPS) is 10.7. The second-order valence-corrected chi connectivity index (χ2v) is 7.71. The van der Waals surface area contributed by atoms with Crippen molar-refractivity contribution in [2.24, 2.45) is 0 Å². The Morgan fingerprint density at radius 1 is 1.06 bits per heavy atom. The molecule has 168 valence electrons. The first-order valence-electron chi connectivity index (χ1n) is 10.7. The first kappa shape index (κ1) is 23.1. The van der Waals surface area contributed by atoms with E-state index in [1.54, 1.807) is 30.1 Å². The molecule has 2 aromatic carbocycles. The minimum absolute atomic E-state index is 0.0974. The van der Waals surface area contributed by atoms with Crippen molar-refractivity contribution in [2.75, 3.05) is 20.2 Å². The Hall–Kier alpha value is -3.61. The maximum Gasteiger partial charge on any atom is 0.255 e. The summed E-state index contributed by atoms with van der Waals surface area (Å²) in [5.74, 6) is -0.0200. The molecule has 0 radical (unpaired) electrons. The van der Waals surface area contributed by atoms with E-state index in [9.17, 15) is 9.59 Å². The number of carbonyl (C=O) groups is 2. The highest BCUT2D eigenvalue weighted by Gasteiger charge is 2.19. The van der Waals surface area contributed by atoms with Gasteiger partial charge in [0.2, 0.25) is 5.91 Å². The number of nitrogens with one attached hydrogen (secondary N) is 1. The predicted molar refractivity (Wildman–Crippen MR) is 124 cm³/mol. The van der Waals surface area contributed by atoms with E-state index in [1.165, 1.54) is 0 Å². The van der Waals surface area contributed by atoms with Gasteiger partial charge >= 0.3 is 0 Å². The number of rotatable bonds is 8. The summed E-state index contributed by atoms with van der Waals surface area (Å²) in [6.07, 6.45) is 0. The van der Waals surface area contributed by atoms with Crippen LogP contribution in [-0.2, 0) is 11.3 Å². The quantitative estimate of drug-likeness (QED) is 0.588. The molecule has 0 atom stereocenters. The Morgan fingerprint density at radius 3 is 2.47 bits per heavy atom. The van der Waals surface area contributed by atoms with Gasteiger partial charge in [-0.15, -0.1) is 0 Å². The Morgan fingerprint density at radius 2 is 1.75 bits per heavy atom. The molecular weight excluding hydrogens is 404 g/mol. The van der Waals surface area contributed by atoms with Crippen LogP contribution in [0.5, 0.6) is 5.75 Å². The Labute approximate surface area is 189 Å². The Bertz CT molecular complexity index is 1120. The van der Waals surface area contributed by atoms with E-state index >= 15 is 0 Å². The van der Waals surface area contributed by atoms with Crippen LogP contribution >= 0.6 is 0 Å². The minimum Gasteiger partial charge on any atom is -0.493 e. The van der Waals surface area contributed by atoms with Gasteiger partial charge in [0.05, 0.1) is 30.1 Å². The summed E-state index contributed by atoms with van der Waals surface area (Å²) in [7, 11) is 1.73. The third-order valence-electron chi connectivity index (χ3n) is 5.44. The van der Waals surface area contributed by atoms with Gasteiger partial charge in [-0.25, -0.2) is 4.68 Å². The third-order valence-corrected chi connectivity index (χ3v) is 5.44. The monoisotopic (exact) mass is 434 g/mol. The molecule has 0 saturated carbocycles. The summed E-state index contributed by atoms with van der Waals surface area (Å²) in [6, 6.07) is 15.1. The molecule has 3 aromatic rings. The van der Waals surface area contributed by atoms with Crippen molar-refractivity contribution in [1.29, 1.82) is 0 Å². The molecule has 2 amide bonds. The number of para-hydroxylation sites is 2. The van der Waals surface area contributed by atoms with E-state index in [2.05, 4.69) is 10.4 Å². The molecular formula is C25H30N4O3. The number of carbonyl (C=O) groups excluding carboxylic acids is 2. The zero-order valence-corrected chi connectivity index (χ0v) is 19.3. The van der Waals surface area contributed by atoms with Crippen LogP contribution in [0.15, 0.2) is 48.5 Å². The molecule has 0 aliphatic rings. The van der Waals surface area contributed by atoms with Crippen molar-refractivity contribution in [3.8, 4) is 11.4 Å². The summed E-state index contributed by atoms with van der Waals surface area (Å²) >= 11 is 0. The number of likely N-dealkylation sites (N-methyl/N-ethyl adjacent to an activating group) is 1. The van der Waals surface area contributed by atoms with Crippen LogP contribution in [0, 0.1) is 20.8 Å². The van der Waals surface area contributed by atoms with Gasteiger partial charge in [-0.05, 0) is 51.5 Å². The Balaban J connectivity index is 1.67. The fourth-order valence-electron chi connectivity index (χ4n) is 3.59. The van der Waals surface area contributed by atoms with Crippen LogP contribution in [-0.4, -0.2) is 46.7 Å². The van der Waals surface area contributed by atoms with Gasteiger partial charge in [0.25, 0.3) is 5.91 Å². The van der Waals surface area contributed by atoms with Gasteiger partial charge in [-0.2, -0.15) is 5.10 Å². The van der Waals surface area contributed by atoms with Crippen molar-refractivity contribution in [3.05, 3.63) is 76.6 Å². The molecule has 3 rings (SSSR count). The topological polar surface area (TPSA) is 76.5 Å². The van der Waals surface area contributed by atoms with Crippen molar-refractivity contribution in [2.45, 2.75) is 34.2 Å². The van der Waals surface area contributed by atoms with Crippen LogP contribution < -0.4 is 10.1 Å². The SMILES string of the molecule is CCOc1ccccc1C(=O)NCC(=O)N(C)Cc1c(C)nn(-c2ccccc2C)c1C. The number of hydrogen-bond acceptors (Lipinski definition) is 4. The molecule has 7 nitrogen and oxygen atoms in total. The highest BCUT2D eigenvalue weighted by atomic mass is 16.5. The van der Waals surface area contributed by atoms with E-state index in [-0.39, 0.29) is 18.4 Å². The zero-order chi connectivity index (χ0) is 23.3. The maximum atomic E-state index is 12.7.